The van der Waals surface area contributed by atoms with Gasteiger partial charge in [0.15, 0.2) is 0 Å². The Bertz CT molecular complexity index is 828. The molecule has 0 radical (unpaired) electrons. The summed E-state index contributed by atoms with van der Waals surface area (Å²) in [7, 11) is -3.55. The minimum absolute atomic E-state index is 0.147. The van der Waals surface area contributed by atoms with E-state index in [2.05, 4.69) is 9.71 Å². The van der Waals surface area contributed by atoms with Gasteiger partial charge in [-0.25, -0.2) is 13.1 Å². The van der Waals surface area contributed by atoms with Gasteiger partial charge in [-0.15, -0.1) is 0 Å². The van der Waals surface area contributed by atoms with Crippen LogP contribution < -0.4 is 4.72 Å². The van der Waals surface area contributed by atoms with E-state index in [9.17, 15) is 8.42 Å². The van der Waals surface area contributed by atoms with Crippen molar-refractivity contribution in [2.45, 2.75) is 10.8 Å². The molecular formula is C19H18N2O2S. The molecule has 0 spiro atoms. The van der Waals surface area contributed by atoms with Crippen LogP contribution in [0.4, 0.5) is 0 Å². The summed E-state index contributed by atoms with van der Waals surface area (Å²) >= 11 is 0. The second-order valence-corrected chi connectivity index (χ2v) is 7.15. The topological polar surface area (TPSA) is 59.1 Å². The van der Waals surface area contributed by atoms with Crippen molar-refractivity contribution in [1.82, 2.24) is 9.71 Å². The molecule has 1 aromatic heterocycles. The minimum Gasteiger partial charge on any atom is -0.261 e. The van der Waals surface area contributed by atoms with Crippen molar-refractivity contribution in [2.24, 2.45) is 0 Å². The molecule has 0 aliphatic carbocycles. The molecule has 3 rings (SSSR count). The number of nitrogens with zero attached hydrogens (tertiary/aromatic N) is 1. The number of hydrogen-bond donors (Lipinski definition) is 1. The molecule has 0 fully saturated rings. The van der Waals surface area contributed by atoms with Crippen LogP contribution >= 0.6 is 0 Å². The summed E-state index contributed by atoms with van der Waals surface area (Å²) in [6, 6.07) is 23.8. The van der Waals surface area contributed by atoms with Gasteiger partial charge < -0.3 is 0 Å². The van der Waals surface area contributed by atoms with Crippen LogP contribution in [0.1, 0.15) is 17.2 Å². The highest BCUT2D eigenvalue weighted by atomic mass is 32.2. The van der Waals surface area contributed by atoms with Crippen molar-refractivity contribution in [1.29, 1.82) is 0 Å². The average molecular weight is 338 g/mol. The van der Waals surface area contributed by atoms with Gasteiger partial charge in [0.05, 0.1) is 4.90 Å². The van der Waals surface area contributed by atoms with Gasteiger partial charge in [0.2, 0.25) is 10.0 Å². The lowest BCUT2D eigenvalue weighted by Crippen LogP contribution is -2.29. The largest absolute Gasteiger partial charge is 0.261 e. The minimum atomic E-state index is -3.55. The molecule has 122 valence electrons. The molecule has 0 saturated carbocycles. The fraction of sp³-hybridized carbons (Fsp3) is 0.105. The van der Waals surface area contributed by atoms with Gasteiger partial charge in [-0.3, -0.25) is 4.98 Å². The van der Waals surface area contributed by atoms with Crippen LogP contribution in [0.2, 0.25) is 0 Å². The smallest absolute Gasteiger partial charge is 0.240 e. The van der Waals surface area contributed by atoms with Gasteiger partial charge in [-0.1, -0.05) is 54.6 Å². The maximum absolute atomic E-state index is 12.5. The van der Waals surface area contributed by atoms with Crippen LogP contribution in [-0.2, 0) is 10.0 Å². The zero-order chi connectivity index (χ0) is 16.8. The molecule has 3 aromatic rings. The Morgan fingerprint density at radius 3 is 2.08 bits per heavy atom. The predicted molar refractivity (Wildman–Crippen MR) is 94.2 cm³/mol. The Kier molecular flexibility index (Phi) is 5.03. The lowest BCUT2D eigenvalue weighted by atomic mass is 9.95. The summed E-state index contributed by atoms with van der Waals surface area (Å²) in [5, 5.41) is 0. The Labute approximate surface area is 142 Å². The molecule has 5 heteroatoms. The molecule has 2 aromatic carbocycles. The van der Waals surface area contributed by atoms with E-state index in [-0.39, 0.29) is 17.4 Å². The quantitative estimate of drug-likeness (QED) is 0.751. The summed E-state index contributed by atoms with van der Waals surface area (Å²) in [5.41, 5.74) is 1.85. The number of rotatable bonds is 6. The fourth-order valence-electron chi connectivity index (χ4n) is 2.54. The number of benzene rings is 2. The fourth-order valence-corrected chi connectivity index (χ4v) is 3.60. The van der Waals surface area contributed by atoms with E-state index in [1.54, 1.807) is 36.5 Å². The van der Waals surface area contributed by atoms with Gasteiger partial charge in [-0.05, 0) is 29.8 Å². The lowest BCUT2D eigenvalue weighted by molar-refractivity contribution is 0.576. The average Bonchev–Trinajstić information content (AvgIpc) is 2.64. The second-order valence-electron chi connectivity index (χ2n) is 5.38. The lowest BCUT2D eigenvalue weighted by Gasteiger charge is -2.18. The van der Waals surface area contributed by atoms with Crippen molar-refractivity contribution in [3.05, 3.63) is 96.3 Å². The van der Waals surface area contributed by atoms with Crippen LogP contribution in [0.15, 0.2) is 90.0 Å². The molecule has 0 saturated heterocycles. The third-order valence-corrected chi connectivity index (χ3v) is 5.22. The Balaban J connectivity index is 1.86. The van der Waals surface area contributed by atoms with Crippen molar-refractivity contribution in [2.75, 3.05) is 6.54 Å². The Morgan fingerprint density at radius 2 is 1.46 bits per heavy atom. The first-order chi connectivity index (χ1) is 11.7. The van der Waals surface area contributed by atoms with Gasteiger partial charge in [0.1, 0.15) is 0 Å². The molecule has 4 nitrogen and oxygen atoms in total. The molecule has 0 aliphatic heterocycles. The number of nitrogens with one attached hydrogen (secondary N) is 1. The molecule has 24 heavy (non-hydrogen) atoms. The molecule has 1 heterocycles. The van der Waals surface area contributed by atoms with Crippen LogP contribution in [0.5, 0.6) is 0 Å². The van der Waals surface area contributed by atoms with Crippen LogP contribution in [0, 0.1) is 0 Å². The predicted octanol–water partition coefficient (Wildman–Crippen LogP) is 3.19. The number of sulfonamides is 1. The van der Waals surface area contributed by atoms with E-state index in [4.69, 9.17) is 0 Å². The molecule has 0 amide bonds. The van der Waals surface area contributed by atoms with Crippen LogP contribution in [-0.4, -0.2) is 19.9 Å². The first kappa shape index (κ1) is 16.4. The normalized spacial score (nSPS) is 12.7. The number of pyridine rings is 1. The van der Waals surface area contributed by atoms with E-state index >= 15 is 0 Å². The summed E-state index contributed by atoms with van der Waals surface area (Å²) in [5.74, 6) is -0.147. The van der Waals surface area contributed by atoms with Gasteiger partial charge in [0, 0.05) is 24.4 Å². The van der Waals surface area contributed by atoms with Crippen LogP contribution in [0.25, 0.3) is 0 Å². The van der Waals surface area contributed by atoms with Crippen molar-refractivity contribution < 1.29 is 8.42 Å². The number of hydrogen-bond acceptors (Lipinski definition) is 3. The van der Waals surface area contributed by atoms with E-state index < -0.39 is 10.0 Å². The molecule has 1 unspecified atom stereocenters. The van der Waals surface area contributed by atoms with E-state index in [1.165, 1.54) is 0 Å². The molecule has 1 atom stereocenters. The van der Waals surface area contributed by atoms with Crippen molar-refractivity contribution in [3.8, 4) is 0 Å². The first-order valence-electron chi connectivity index (χ1n) is 7.67. The third kappa shape index (κ3) is 3.88. The van der Waals surface area contributed by atoms with E-state index in [0.29, 0.717) is 0 Å². The van der Waals surface area contributed by atoms with Gasteiger partial charge >= 0.3 is 0 Å². The Morgan fingerprint density at radius 1 is 0.833 bits per heavy atom. The standard InChI is InChI=1S/C19H18N2O2S/c22-24(23,17-11-5-2-6-12-17)21-15-18(16-9-3-1-4-10-16)19-13-7-8-14-20-19/h1-14,18,21H,15H2. The SMILES string of the molecule is O=S(=O)(NCC(c1ccccc1)c1ccccn1)c1ccccc1. The summed E-state index contributed by atoms with van der Waals surface area (Å²) in [4.78, 5) is 4.66. The summed E-state index contributed by atoms with van der Waals surface area (Å²) in [6.07, 6.45) is 1.72. The molecule has 1 N–H and O–H groups in total. The third-order valence-electron chi connectivity index (χ3n) is 3.78. The highest BCUT2D eigenvalue weighted by molar-refractivity contribution is 7.89. The van der Waals surface area contributed by atoms with Crippen molar-refractivity contribution >= 4 is 10.0 Å². The van der Waals surface area contributed by atoms with Crippen LogP contribution in [0.3, 0.4) is 0 Å². The molecule has 0 bridgehead atoms. The monoisotopic (exact) mass is 338 g/mol. The molecule has 0 aliphatic rings. The first-order valence-corrected chi connectivity index (χ1v) is 9.16. The molecular weight excluding hydrogens is 320 g/mol. The van der Waals surface area contributed by atoms with E-state index in [0.717, 1.165) is 11.3 Å². The number of aromatic nitrogens is 1. The Hall–Kier alpha value is -2.50. The second kappa shape index (κ2) is 7.38. The van der Waals surface area contributed by atoms with Gasteiger partial charge in [0.25, 0.3) is 0 Å². The highest BCUT2D eigenvalue weighted by Crippen LogP contribution is 2.22. The zero-order valence-electron chi connectivity index (χ0n) is 13.0. The zero-order valence-corrected chi connectivity index (χ0v) is 13.9. The highest BCUT2D eigenvalue weighted by Gasteiger charge is 2.20. The maximum atomic E-state index is 12.5. The van der Waals surface area contributed by atoms with Crippen molar-refractivity contribution in [3.63, 3.8) is 0 Å². The van der Waals surface area contributed by atoms with E-state index in [1.807, 2.05) is 48.5 Å². The maximum Gasteiger partial charge on any atom is 0.240 e. The summed E-state index contributed by atoms with van der Waals surface area (Å²) < 4.78 is 27.6. The summed E-state index contributed by atoms with van der Waals surface area (Å²) in [6.45, 7) is 0.248. The van der Waals surface area contributed by atoms with Gasteiger partial charge in [-0.2, -0.15) is 0 Å².